The number of H-pyrrole nitrogens is 1. The SMILES string of the molecule is CC(C)Cn1c(=O)[nH]c(=O)c2c(C(=O)NC(C)(C)C(=O)O)cc(C(C)C)nc21. The molecule has 3 N–H and O–H groups in total. The number of aromatic amines is 1. The average Bonchev–Trinajstić information content (AvgIpc) is 2.56. The number of nitrogens with zero attached hydrogens (tertiary/aromatic N) is 2. The lowest BCUT2D eigenvalue weighted by atomic mass is 10.0. The molecule has 0 saturated heterocycles. The van der Waals surface area contributed by atoms with Crippen LogP contribution in [0.3, 0.4) is 0 Å². The van der Waals surface area contributed by atoms with E-state index in [0.717, 1.165) is 0 Å². The van der Waals surface area contributed by atoms with Crippen molar-refractivity contribution in [3.8, 4) is 0 Å². The lowest BCUT2D eigenvalue weighted by Gasteiger charge is -2.22. The third kappa shape index (κ3) is 4.13. The van der Waals surface area contributed by atoms with Gasteiger partial charge in [-0.2, -0.15) is 0 Å². The molecule has 0 bridgehead atoms. The Balaban J connectivity index is 2.85. The number of nitrogens with one attached hydrogen (secondary N) is 2. The van der Waals surface area contributed by atoms with Gasteiger partial charge >= 0.3 is 11.7 Å². The van der Waals surface area contributed by atoms with E-state index in [1.54, 1.807) is 0 Å². The van der Waals surface area contributed by atoms with E-state index in [0.29, 0.717) is 12.2 Å². The number of carbonyl (C=O) groups excluding carboxylic acids is 1. The molecule has 1 amide bonds. The molecule has 0 unspecified atom stereocenters. The summed E-state index contributed by atoms with van der Waals surface area (Å²) in [6, 6.07) is 1.47. The van der Waals surface area contributed by atoms with Gasteiger partial charge in [-0.25, -0.2) is 14.6 Å². The van der Waals surface area contributed by atoms with E-state index in [4.69, 9.17) is 0 Å². The first kappa shape index (κ1) is 21.3. The number of carbonyl (C=O) groups is 2. The average molecular weight is 390 g/mol. The molecule has 152 valence electrons. The summed E-state index contributed by atoms with van der Waals surface area (Å²) in [6.07, 6.45) is 0. The van der Waals surface area contributed by atoms with Crippen LogP contribution in [0.1, 0.15) is 63.5 Å². The van der Waals surface area contributed by atoms with E-state index in [1.807, 2.05) is 27.7 Å². The van der Waals surface area contributed by atoms with Gasteiger partial charge in [-0.15, -0.1) is 0 Å². The quantitative estimate of drug-likeness (QED) is 0.683. The maximum absolute atomic E-state index is 12.9. The summed E-state index contributed by atoms with van der Waals surface area (Å²) in [5.74, 6) is -1.92. The van der Waals surface area contributed by atoms with Crippen LogP contribution in [0.5, 0.6) is 0 Å². The maximum atomic E-state index is 12.9. The van der Waals surface area contributed by atoms with Crippen LogP contribution in [0.25, 0.3) is 11.0 Å². The van der Waals surface area contributed by atoms with E-state index < -0.39 is 28.7 Å². The van der Waals surface area contributed by atoms with E-state index in [9.17, 15) is 24.3 Å². The van der Waals surface area contributed by atoms with E-state index >= 15 is 0 Å². The van der Waals surface area contributed by atoms with Crippen molar-refractivity contribution >= 4 is 22.9 Å². The molecule has 0 radical (unpaired) electrons. The van der Waals surface area contributed by atoms with Gasteiger partial charge < -0.3 is 10.4 Å². The van der Waals surface area contributed by atoms with Crippen molar-refractivity contribution in [1.29, 1.82) is 0 Å². The molecular formula is C19H26N4O5. The normalized spacial score (nSPS) is 12.0. The van der Waals surface area contributed by atoms with Gasteiger partial charge in [0.05, 0.1) is 10.9 Å². The Kier molecular flexibility index (Phi) is 5.77. The summed E-state index contributed by atoms with van der Waals surface area (Å²) >= 11 is 0. The molecule has 2 aromatic rings. The Hall–Kier alpha value is -2.97. The van der Waals surface area contributed by atoms with Crippen LogP contribution in [0, 0.1) is 5.92 Å². The maximum Gasteiger partial charge on any atom is 0.330 e. The molecule has 0 aliphatic rings. The number of carboxylic acid groups (broad SMARTS) is 1. The molecule has 2 aromatic heterocycles. The Labute approximate surface area is 161 Å². The van der Waals surface area contributed by atoms with Gasteiger partial charge in [-0.1, -0.05) is 27.7 Å². The summed E-state index contributed by atoms with van der Waals surface area (Å²) in [5, 5.41) is 11.7. The van der Waals surface area contributed by atoms with Gasteiger partial charge in [0.15, 0.2) is 5.65 Å². The summed E-state index contributed by atoms with van der Waals surface area (Å²) in [6.45, 7) is 10.6. The molecule has 28 heavy (non-hydrogen) atoms. The second-order valence-corrected chi connectivity index (χ2v) is 8.10. The van der Waals surface area contributed by atoms with Gasteiger partial charge in [0, 0.05) is 12.2 Å². The largest absolute Gasteiger partial charge is 0.480 e. The number of rotatable bonds is 6. The summed E-state index contributed by atoms with van der Waals surface area (Å²) in [5.41, 5.74) is -2.25. The summed E-state index contributed by atoms with van der Waals surface area (Å²) < 4.78 is 1.34. The van der Waals surface area contributed by atoms with Gasteiger partial charge in [-0.05, 0) is 31.7 Å². The monoisotopic (exact) mass is 390 g/mol. The Bertz CT molecular complexity index is 1050. The van der Waals surface area contributed by atoms with Crippen molar-refractivity contribution in [2.75, 3.05) is 0 Å². The Morgan fingerprint density at radius 2 is 1.86 bits per heavy atom. The van der Waals surface area contributed by atoms with Crippen LogP contribution in [0.4, 0.5) is 0 Å². The van der Waals surface area contributed by atoms with Gasteiger partial charge in [0.25, 0.3) is 11.5 Å². The zero-order chi connectivity index (χ0) is 21.4. The fourth-order valence-electron chi connectivity index (χ4n) is 2.71. The lowest BCUT2D eigenvalue weighted by Crippen LogP contribution is -2.50. The number of hydrogen-bond donors (Lipinski definition) is 3. The minimum atomic E-state index is -1.54. The topological polar surface area (TPSA) is 134 Å². The first-order valence-corrected chi connectivity index (χ1v) is 9.08. The molecule has 0 atom stereocenters. The van der Waals surface area contributed by atoms with Crippen molar-refractivity contribution in [2.45, 2.75) is 59.5 Å². The van der Waals surface area contributed by atoms with Crippen LogP contribution >= 0.6 is 0 Å². The molecule has 2 rings (SSSR count). The van der Waals surface area contributed by atoms with Crippen molar-refractivity contribution < 1.29 is 14.7 Å². The number of aliphatic carboxylic acids is 1. The number of hydrogen-bond acceptors (Lipinski definition) is 5. The molecule has 0 fully saturated rings. The first-order valence-electron chi connectivity index (χ1n) is 9.08. The highest BCUT2D eigenvalue weighted by molar-refractivity contribution is 6.06. The lowest BCUT2D eigenvalue weighted by molar-refractivity contribution is -0.143. The molecule has 2 heterocycles. The van der Waals surface area contributed by atoms with Crippen LogP contribution in [-0.4, -0.2) is 37.1 Å². The Morgan fingerprint density at radius 3 is 2.36 bits per heavy atom. The molecule has 9 heteroatoms. The van der Waals surface area contributed by atoms with E-state index in [-0.39, 0.29) is 28.4 Å². The number of carboxylic acids is 1. The highest BCUT2D eigenvalue weighted by atomic mass is 16.4. The highest BCUT2D eigenvalue weighted by Crippen LogP contribution is 2.21. The molecule has 0 aliphatic heterocycles. The molecule has 0 saturated carbocycles. The van der Waals surface area contributed by atoms with Crippen LogP contribution in [0.2, 0.25) is 0 Å². The number of aromatic nitrogens is 3. The number of amides is 1. The van der Waals surface area contributed by atoms with Crippen LogP contribution < -0.4 is 16.6 Å². The molecule has 0 aromatic carbocycles. The van der Waals surface area contributed by atoms with Gasteiger partial charge in [0.2, 0.25) is 0 Å². The fourth-order valence-corrected chi connectivity index (χ4v) is 2.71. The predicted molar refractivity (Wildman–Crippen MR) is 105 cm³/mol. The third-order valence-electron chi connectivity index (χ3n) is 4.31. The minimum Gasteiger partial charge on any atom is -0.480 e. The first-order chi connectivity index (χ1) is 12.8. The zero-order valence-corrected chi connectivity index (χ0v) is 16.9. The van der Waals surface area contributed by atoms with Crippen molar-refractivity contribution in [2.24, 2.45) is 5.92 Å². The van der Waals surface area contributed by atoms with Crippen molar-refractivity contribution in [1.82, 2.24) is 19.9 Å². The van der Waals surface area contributed by atoms with Gasteiger partial charge in [-0.3, -0.25) is 19.1 Å². The fraction of sp³-hybridized carbons (Fsp3) is 0.526. The smallest absolute Gasteiger partial charge is 0.330 e. The van der Waals surface area contributed by atoms with Crippen LogP contribution in [-0.2, 0) is 11.3 Å². The second kappa shape index (κ2) is 7.57. The van der Waals surface area contributed by atoms with E-state index in [1.165, 1.54) is 24.5 Å². The van der Waals surface area contributed by atoms with Crippen molar-refractivity contribution in [3.05, 3.63) is 38.2 Å². The zero-order valence-electron chi connectivity index (χ0n) is 16.9. The van der Waals surface area contributed by atoms with Crippen molar-refractivity contribution in [3.63, 3.8) is 0 Å². The molecule has 9 nitrogen and oxygen atoms in total. The molecular weight excluding hydrogens is 364 g/mol. The van der Waals surface area contributed by atoms with Gasteiger partial charge in [0.1, 0.15) is 5.54 Å². The second-order valence-electron chi connectivity index (χ2n) is 8.10. The number of pyridine rings is 1. The standard InChI is InChI=1S/C19H26N4O5/c1-9(2)8-23-14-13(16(25)21-18(23)28)11(7-12(20-14)10(3)4)15(24)22-19(5,6)17(26)27/h7,9-10H,8H2,1-6H3,(H,22,24)(H,26,27)(H,21,25,28). The third-order valence-corrected chi connectivity index (χ3v) is 4.31. The van der Waals surface area contributed by atoms with E-state index in [2.05, 4.69) is 15.3 Å². The summed E-state index contributed by atoms with van der Waals surface area (Å²) in [4.78, 5) is 55.9. The number of fused-ring (bicyclic) bond motifs is 1. The molecule has 0 aliphatic carbocycles. The predicted octanol–water partition coefficient (Wildman–Crippen LogP) is 1.46. The molecule has 0 spiro atoms. The summed E-state index contributed by atoms with van der Waals surface area (Å²) in [7, 11) is 0. The highest BCUT2D eigenvalue weighted by Gasteiger charge is 2.31. The minimum absolute atomic E-state index is 0.0122. The Morgan fingerprint density at radius 1 is 1.25 bits per heavy atom. The van der Waals surface area contributed by atoms with Crippen LogP contribution in [0.15, 0.2) is 15.7 Å².